The first-order valence-electron chi connectivity index (χ1n) is 6.74. The minimum absolute atomic E-state index is 0.00827. The van der Waals surface area contributed by atoms with Crippen molar-refractivity contribution in [2.24, 2.45) is 0 Å². The van der Waals surface area contributed by atoms with Crippen molar-refractivity contribution < 1.29 is 9.50 Å². The molecule has 0 bridgehead atoms. The van der Waals surface area contributed by atoms with Crippen LogP contribution in [0.4, 0.5) is 10.1 Å². The van der Waals surface area contributed by atoms with Gasteiger partial charge in [0.2, 0.25) is 0 Å². The topological polar surface area (TPSA) is 75.0 Å². The summed E-state index contributed by atoms with van der Waals surface area (Å²) in [6.45, 7) is 3.48. The Morgan fingerprint density at radius 3 is 2.59 bits per heavy atom. The van der Waals surface area contributed by atoms with Crippen LogP contribution in [-0.2, 0) is 0 Å². The standard InChI is InChI=1S/C17H14FN3O/c1-9-5-11(3-4-15(9)18)21-10(2)14(8-19)13-6-12(22)7-16(20)17(13)21/h3-7,22H,20H2,1-2H3. The maximum atomic E-state index is 13.5. The predicted molar refractivity (Wildman–Crippen MR) is 83.5 cm³/mol. The van der Waals surface area contributed by atoms with Gasteiger partial charge < -0.3 is 15.4 Å². The minimum atomic E-state index is -0.288. The number of nitrogens with two attached hydrogens (primary N) is 1. The number of nitrogens with zero attached hydrogens (tertiary/aromatic N) is 2. The number of phenols is 1. The zero-order valence-corrected chi connectivity index (χ0v) is 12.2. The lowest BCUT2D eigenvalue weighted by molar-refractivity contribution is 0.476. The molecule has 3 aromatic rings. The van der Waals surface area contributed by atoms with Gasteiger partial charge in [-0.05, 0) is 43.7 Å². The van der Waals surface area contributed by atoms with Crippen molar-refractivity contribution in [3.05, 3.63) is 53.0 Å². The molecule has 0 radical (unpaired) electrons. The molecule has 0 saturated heterocycles. The van der Waals surface area contributed by atoms with Gasteiger partial charge in [-0.3, -0.25) is 0 Å². The number of halogens is 1. The molecule has 3 rings (SSSR count). The van der Waals surface area contributed by atoms with Gasteiger partial charge in [-0.1, -0.05) is 0 Å². The zero-order valence-electron chi connectivity index (χ0n) is 12.2. The fourth-order valence-corrected chi connectivity index (χ4v) is 2.79. The quantitative estimate of drug-likeness (QED) is 0.674. The van der Waals surface area contributed by atoms with Crippen molar-refractivity contribution in [2.75, 3.05) is 5.73 Å². The van der Waals surface area contributed by atoms with Gasteiger partial charge in [0, 0.05) is 22.8 Å². The first-order valence-corrected chi connectivity index (χ1v) is 6.74. The first-order chi connectivity index (χ1) is 10.4. The van der Waals surface area contributed by atoms with Gasteiger partial charge in [0.25, 0.3) is 0 Å². The Bertz CT molecular complexity index is 951. The molecule has 0 aliphatic heterocycles. The fourth-order valence-electron chi connectivity index (χ4n) is 2.79. The number of anilines is 1. The molecule has 5 heteroatoms. The molecular formula is C17H14FN3O. The van der Waals surface area contributed by atoms with Crippen LogP contribution in [0.5, 0.6) is 5.75 Å². The maximum Gasteiger partial charge on any atom is 0.126 e. The summed E-state index contributed by atoms with van der Waals surface area (Å²) >= 11 is 0. The molecule has 0 amide bonds. The Balaban J connectivity index is 2.46. The highest BCUT2D eigenvalue weighted by Crippen LogP contribution is 2.35. The molecule has 0 spiro atoms. The van der Waals surface area contributed by atoms with E-state index in [-0.39, 0.29) is 11.6 Å². The molecule has 22 heavy (non-hydrogen) atoms. The molecule has 0 saturated carbocycles. The van der Waals surface area contributed by atoms with Crippen LogP contribution in [0.15, 0.2) is 30.3 Å². The van der Waals surface area contributed by atoms with E-state index in [0.29, 0.717) is 33.4 Å². The van der Waals surface area contributed by atoms with Crippen LogP contribution in [0.2, 0.25) is 0 Å². The molecule has 0 aliphatic rings. The average molecular weight is 295 g/mol. The van der Waals surface area contributed by atoms with E-state index >= 15 is 0 Å². The number of aromatic nitrogens is 1. The van der Waals surface area contributed by atoms with Crippen LogP contribution in [0, 0.1) is 31.0 Å². The average Bonchev–Trinajstić information content (AvgIpc) is 2.74. The summed E-state index contributed by atoms with van der Waals surface area (Å²) in [5, 5.41) is 19.7. The summed E-state index contributed by atoms with van der Waals surface area (Å²) in [6, 6.07) is 9.84. The number of aromatic hydroxyl groups is 1. The third kappa shape index (κ3) is 1.89. The minimum Gasteiger partial charge on any atom is -0.508 e. The Morgan fingerprint density at radius 2 is 1.95 bits per heavy atom. The van der Waals surface area contributed by atoms with E-state index in [1.165, 1.54) is 18.2 Å². The second-order valence-corrected chi connectivity index (χ2v) is 5.27. The van der Waals surface area contributed by atoms with E-state index < -0.39 is 0 Å². The summed E-state index contributed by atoms with van der Waals surface area (Å²) < 4.78 is 15.3. The van der Waals surface area contributed by atoms with E-state index in [0.717, 1.165) is 5.69 Å². The highest BCUT2D eigenvalue weighted by atomic mass is 19.1. The Kier molecular flexibility index (Phi) is 3.03. The fraction of sp³-hybridized carbons (Fsp3) is 0.118. The number of rotatable bonds is 1. The van der Waals surface area contributed by atoms with Gasteiger partial charge >= 0.3 is 0 Å². The van der Waals surface area contributed by atoms with Gasteiger partial charge in [-0.2, -0.15) is 5.26 Å². The second kappa shape index (κ2) is 4.78. The van der Waals surface area contributed by atoms with Crippen LogP contribution < -0.4 is 5.73 Å². The molecule has 0 atom stereocenters. The van der Waals surface area contributed by atoms with Crippen molar-refractivity contribution >= 4 is 16.6 Å². The molecule has 0 fully saturated rings. The molecule has 110 valence electrons. The van der Waals surface area contributed by atoms with Gasteiger partial charge in [0.15, 0.2) is 0 Å². The normalized spacial score (nSPS) is 10.8. The Morgan fingerprint density at radius 1 is 1.23 bits per heavy atom. The van der Waals surface area contributed by atoms with Crippen LogP contribution in [-0.4, -0.2) is 9.67 Å². The van der Waals surface area contributed by atoms with E-state index in [1.807, 2.05) is 4.57 Å². The predicted octanol–water partition coefficient (Wildman–Crippen LogP) is 3.55. The van der Waals surface area contributed by atoms with E-state index in [2.05, 4.69) is 6.07 Å². The highest BCUT2D eigenvalue weighted by molar-refractivity contribution is 5.98. The van der Waals surface area contributed by atoms with Crippen molar-refractivity contribution in [3.63, 3.8) is 0 Å². The second-order valence-electron chi connectivity index (χ2n) is 5.27. The molecule has 3 N–H and O–H groups in total. The molecule has 0 unspecified atom stereocenters. The van der Waals surface area contributed by atoms with Crippen molar-refractivity contribution in [1.82, 2.24) is 4.57 Å². The largest absolute Gasteiger partial charge is 0.508 e. The van der Waals surface area contributed by atoms with Crippen LogP contribution in [0.3, 0.4) is 0 Å². The molecule has 0 aliphatic carbocycles. The van der Waals surface area contributed by atoms with Crippen molar-refractivity contribution in [2.45, 2.75) is 13.8 Å². The third-order valence-electron chi connectivity index (χ3n) is 3.83. The zero-order chi connectivity index (χ0) is 16.0. The Hall–Kier alpha value is -3.00. The number of nitriles is 1. The molecular weight excluding hydrogens is 281 g/mol. The lowest BCUT2D eigenvalue weighted by Crippen LogP contribution is -2.00. The smallest absolute Gasteiger partial charge is 0.126 e. The number of nitrogen functional groups attached to an aromatic ring is 1. The number of hydrogen-bond donors (Lipinski definition) is 2. The molecule has 1 aromatic heterocycles. The van der Waals surface area contributed by atoms with Gasteiger partial charge in [0.1, 0.15) is 17.6 Å². The highest BCUT2D eigenvalue weighted by Gasteiger charge is 2.18. The molecule has 2 aromatic carbocycles. The monoisotopic (exact) mass is 295 g/mol. The summed E-state index contributed by atoms with van der Waals surface area (Å²) in [6.07, 6.45) is 0. The lowest BCUT2D eigenvalue weighted by atomic mass is 10.1. The van der Waals surface area contributed by atoms with Gasteiger partial charge in [0.05, 0.1) is 16.8 Å². The summed E-state index contributed by atoms with van der Waals surface area (Å²) in [5.74, 6) is -0.280. The third-order valence-corrected chi connectivity index (χ3v) is 3.83. The van der Waals surface area contributed by atoms with Crippen LogP contribution in [0.25, 0.3) is 16.6 Å². The summed E-state index contributed by atoms with van der Waals surface area (Å²) in [5.41, 5.74) is 9.41. The number of hydrogen-bond acceptors (Lipinski definition) is 3. The van der Waals surface area contributed by atoms with E-state index in [4.69, 9.17) is 5.73 Å². The van der Waals surface area contributed by atoms with Crippen LogP contribution >= 0.6 is 0 Å². The van der Waals surface area contributed by atoms with Crippen molar-refractivity contribution in [1.29, 1.82) is 5.26 Å². The van der Waals surface area contributed by atoms with Crippen molar-refractivity contribution in [3.8, 4) is 17.5 Å². The van der Waals surface area contributed by atoms with Gasteiger partial charge in [-0.25, -0.2) is 4.39 Å². The summed E-state index contributed by atoms with van der Waals surface area (Å²) in [4.78, 5) is 0. The first kappa shape index (κ1) is 14.0. The summed E-state index contributed by atoms with van der Waals surface area (Å²) in [7, 11) is 0. The SMILES string of the molecule is Cc1cc(-n2c(C)c(C#N)c3cc(O)cc(N)c32)ccc1F. The van der Waals surface area contributed by atoms with Crippen LogP contribution in [0.1, 0.15) is 16.8 Å². The molecule has 4 nitrogen and oxygen atoms in total. The van der Waals surface area contributed by atoms with E-state index in [1.54, 1.807) is 26.0 Å². The number of benzene rings is 2. The van der Waals surface area contributed by atoms with E-state index in [9.17, 15) is 14.8 Å². The number of aryl methyl sites for hydroxylation is 1. The van der Waals surface area contributed by atoms with Gasteiger partial charge in [-0.15, -0.1) is 0 Å². The lowest BCUT2D eigenvalue weighted by Gasteiger charge is -2.11. The molecule has 1 heterocycles. The number of phenolic OH excluding ortho intramolecular Hbond substituents is 1. The maximum absolute atomic E-state index is 13.5. The Labute approximate surface area is 126 Å². The number of fused-ring (bicyclic) bond motifs is 1.